The first kappa shape index (κ1) is 30.9. The van der Waals surface area contributed by atoms with Crippen molar-refractivity contribution in [2.24, 2.45) is 0 Å². The van der Waals surface area contributed by atoms with Crippen LogP contribution in [0.1, 0.15) is 59.7 Å². The number of fused-ring (bicyclic) bond motifs is 2. The largest absolute Gasteiger partial charge is 0.481 e. The molecule has 1 aliphatic rings. The number of alkyl halides is 3. The maximum atomic E-state index is 13.5. The zero-order valence-electron chi connectivity index (χ0n) is 25.4. The van der Waals surface area contributed by atoms with E-state index in [1.807, 2.05) is 48.5 Å². The second-order valence-electron chi connectivity index (χ2n) is 12.3. The molecule has 1 unspecified atom stereocenters. The van der Waals surface area contributed by atoms with Crippen LogP contribution in [0.15, 0.2) is 108 Å². The number of aliphatic carboxylic acids is 1. The SMILES string of the molecule is Cc1ccc2ccccc2c1SN(Cc1ccc(-c2cccc(C(C)(C)C(=O)O)c2)cc1)C1CCc2cc(C(F)(F)F)ccc21. The summed E-state index contributed by atoms with van der Waals surface area (Å²) in [7, 11) is 0. The average molecular weight is 626 g/mol. The first-order valence-electron chi connectivity index (χ1n) is 15.0. The van der Waals surface area contributed by atoms with Crippen molar-refractivity contribution >= 4 is 28.7 Å². The fourth-order valence-corrected chi connectivity index (χ4v) is 7.35. The smallest absolute Gasteiger partial charge is 0.416 e. The molecule has 0 fully saturated rings. The number of hydrogen-bond acceptors (Lipinski definition) is 3. The van der Waals surface area contributed by atoms with E-state index in [0.717, 1.165) is 61.0 Å². The topological polar surface area (TPSA) is 40.5 Å². The van der Waals surface area contributed by atoms with Crippen LogP contribution in [-0.2, 0) is 29.4 Å². The summed E-state index contributed by atoms with van der Waals surface area (Å²) >= 11 is 1.67. The van der Waals surface area contributed by atoms with Crippen molar-refractivity contribution < 1.29 is 23.1 Å². The quantitative estimate of drug-likeness (QED) is 0.174. The monoisotopic (exact) mass is 625 g/mol. The highest BCUT2D eigenvalue weighted by Crippen LogP contribution is 2.45. The molecule has 1 aliphatic carbocycles. The van der Waals surface area contributed by atoms with E-state index in [-0.39, 0.29) is 6.04 Å². The molecular weight excluding hydrogens is 591 g/mol. The average Bonchev–Trinajstić information content (AvgIpc) is 3.45. The third-order valence-corrected chi connectivity index (χ3v) is 10.2. The van der Waals surface area contributed by atoms with Crippen LogP contribution in [0.5, 0.6) is 0 Å². The van der Waals surface area contributed by atoms with Gasteiger partial charge in [0.15, 0.2) is 0 Å². The Kier molecular flexibility index (Phi) is 8.27. The number of carbonyl (C=O) groups is 1. The summed E-state index contributed by atoms with van der Waals surface area (Å²) < 4.78 is 42.8. The molecule has 6 rings (SSSR count). The Morgan fingerprint density at radius 1 is 0.867 bits per heavy atom. The molecule has 5 aromatic carbocycles. The van der Waals surface area contributed by atoms with Gasteiger partial charge < -0.3 is 5.11 Å². The number of benzene rings is 5. The molecule has 230 valence electrons. The van der Waals surface area contributed by atoms with Gasteiger partial charge in [-0.3, -0.25) is 4.79 Å². The molecule has 0 heterocycles. The molecule has 0 bridgehead atoms. The number of rotatable bonds is 8. The van der Waals surface area contributed by atoms with Crippen LogP contribution in [0.3, 0.4) is 0 Å². The van der Waals surface area contributed by atoms with Gasteiger partial charge in [0.05, 0.1) is 11.0 Å². The standard InChI is InChI=1S/C38H34F3NO2S/c1-24-11-14-27-7-4-5-10-33(27)35(24)45-42(34-20-17-29-22-31(38(39,40)41)18-19-32(29)34)23-25-12-15-26(16-13-25)28-8-6-9-30(21-28)37(2,3)36(43)44/h4-16,18-19,21-22,34H,17,20,23H2,1-3H3,(H,43,44). The van der Waals surface area contributed by atoms with Gasteiger partial charge in [0.25, 0.3) is 0 Å². The molecule has 0 radical (unpaired) electrons. The zero-order valence-corrected chi connectivity index (χ0v) is 26.2. The lowest BCUT2D eigenvalue weighted by Gasteiger charge is -2.30. The minimum atomic E-state index is -4.37. The van der Waals surface area contributed by atoms with Crippen LogP contribution in [0.4, 0.5) is 13.2 Å². The fourth-order valence-electron chi connectivity index (χ4n) is 6.06. The minimum absolute atomic E-state index is 0.0553. The Hall–Kier alpha value is -4.07. The van der Waals surface area contributed by atoms with E-state index in [4.69, 9.17) is 0 Å². The third kappa shape index (κ3) is 6.24. The Morgan fingerprint density at radius 2 is 1.62 bits per heavy atom. The molecule has 0 spiro atoms. The lowest BCUT2D eigenvalue weighted by molar-refractivity contribution is -0.142. The van der Waals surface area contributed by atoms with Gasteiger partial charge in [0, 0.05) is 17.5 Å². The lowest BCUT2D eigenvalue weighted by Crippen LogP contribution is -2.28. The first-order chi connectivity index (χ1) is 21.4. The molecule has 0 aliphatic heterocycles. The number of halogens is 3. The van der Waals surface area contributed by atoms with Crippen LogP contribution in [0.2, 0.25) is 0 Å². The molecule has 7 heteroatoms. The summed E-state index contributed by atoms with van der Waals surface area (Å²) in [6, 6.07) is 32.5. The maximum absolute atomic E-state index is 13.5. The van der Waals surface area contributed by atoms with Crippen molar-refractivity contribution in [1.29, 1.82) is 0 Å². The van der Waals surface area contributed by atoms with Crippen LogP contribution in [0.25, 0.3) is 21.9 Å². The Labute approximate surface area is 265 Å². The van der Waals surface area contributed by atoms with Crippen LogP contribution in [-0.4, -0.2) is 15.4 Å². The van der Waals surface area contributed by atoms with E-state index >= 15 is 0 Å². The molecule has 1 N–H and O–H groups in total. The molecular formula is C38H34F3NO2S. The lowest BCUT2D eigenvalue weighted by atomic mass is 9.83. The Bertz CT molecular complexity index is 1880. The van der Waals surface area contributed by atoms with Crippen LogP contribution in [0, 0.1) is 6.92 Å². The number of nitrogens with zero attached hydrogens (tertiary/aromatic N) is 1. The van der Waals surface area contributed by atoms with E-state index < -0.39 is 23.1 Å². The normalized spacial score (nSPS) is 15.0. The summed E-state index contributed by atoms with van der Waals surface area (Å²) in [6.45, 7) is 6.09. The molecule has 1 atom stereocenters. The molecule has 0 saturated heterocycles. The van der Waals surface area contributed by atoms with E-state index in [0.29, 0.717) is 13.0 Å². The summed E-state index contributed by atoms with van der Waals surface area (Å²) in [4.78, 5) is 13.0. The van der Waals surface area contributed by atoms with Crippen molar-refractivity contribution in [3.63, 3.8) is 0 Å². The van der Waals surface area contributed by atoms with Gasteiger partial charge >= 0.3 is 12.1 Å². The van der Waals surface area contributed by atoms with Gasteiger partial charge in [-0.05, 0) is 107 Å². The van der Waals surface area contributed by atoms with Crippen molar-refractivity contribution in [3.8, 4) is 11.1 Å². The zero-order chi connectivity index (χ0) is 31.9. The predicted octanol–water partition coefficient (Wildman–Crippen LogP) is 10.4. The van der Waals surface area contributed by atoms with E-state index in [1.165, 1.54) is 12.1 Å². The van der Waals surface area contributed by atoms with Crippen molar-refractivity contribution in [1.82, 2.24) is 4.31 Å². The predicted molar refractivity (Wildman–Crippen MR) is 175 cm³/mol. The number of aryl methyl sites for hydroxylation is 2. The van der Waals surface area contributed by atoms with Crippen LogP contribution >= 0.6 is 11.9 Å². The second-order valence-corrected chi connectivity index (χ2v) is 13.3. The highest BCUT2D eigenvalue weighted by molar-refractivity contribution is 7.97. The number of hydrogen-bond donors (Lipinski definition) is 1. The van der Waals surface area contributed by atoms with Gasteiger partial charge in [-0.2, -0.15) is 13.2 Å². The first-order valence-corrected chi connectivity index (χ1v) is 15.8. The van der Waals surface area contributed by atoms with E-state index in [9.17, 15) is 23.1 Å². The summed E-state index contributed by atoms with van der Waals surface area (Å²) in [5.74, 6) is -0.878. The van der Waals surface area contributed by atoms with Crippen LogP contribution < -0.4 is 0 Å². The van der Waals surface area contributed by atoms with Gasteiger partial charge in [-0.15, -0.1) is 0 Å². The Morgan fingerprint density at radius 3 is 2.36 bits per heavy atom. The van der Waals surface area contributed by atoms with E-state index in [2.05, 4.69) is 47.6 Å². The molecule has 0 amide bonds. The summed E-state index contributed by atoms with van der Waals surface area (Å²) in [5.41, 5.74) is 4.98. The minimum Gasteiger partial charge on any atom is -0.481 e. The highest BCUT2D eigenvalue weighted by atomic mass is 32.2. The van der Waals surface area contributed by atoms with Gasteiger partial charge in [0.2, 0.25) is 0 Å². The van der Waals surface area contributed by atoms with Gasteiger partial charge in [0.1, 0.15) is 0 Å². The maximum Gasteiger partial charge on any atom is 0.416 e. The van der Waals surface area contributed by atoms with Crippen molar-refractivity contribution in [2.45, 2.75) is 62.7 Å². The molecule has 5 aromatic rings. The summed E-state index contributed by atoms with van der Waals surface area (Å²) in [5, 5.41) is 12.0. The number of carboxylic acid groups (broad SMARTS) is 1. The fraction of sp³-hybridized carbons (Fsp3) is 0.237. The molecule has 0 aromatic heterocycles. The highest BCUT2D eigenvalue weighted by Gasteiger charge is 2.35. The molecule has 0 saturated carbocycles. The summed E-state index contributed by atoms with van der Waals surface area (Å²) in [6.07, 6.45) is -3.04. The third-order valence-electron chi connectivity index (χ3n) is 8.89. The van der Waals surface area contributed by atoms with Crippen molar-refractivity contribution in [2.75, 3.05) is 0 Å². The number of carboxylic acids is 1. The second kappa shape index (κ2) is 12.0. The molecule has 3 nitrogen and oxygen atoms in total. The van der Waals surface area contributed by atoms with Gasteiger partial charge in [-0.1, -0.05) is 91.0 Å². The molecule has 45 heavy (non-hydrogen) atoms. The van der Waals surface area contributed by atoms with Gasteiger partial charge in [-0.25, -0.2) is 4.31 Å². The van der Waals surface area contributed by atoms with E-state index in [1.54, 1.807) is 31.9 Å². The Balaban J connectivity index is 1.34. The van der Waals surface area contributed by atoms with Crippen molar-refractivity contribution in [3.05, 3.63) is 137 Å².